The molecule has 4 nitrogen and oxygen atoms in total. The van der Waals surface area contributed by atoms with E-state index in [-0.39, 0.29) is 29.1 Å². The van der Waals surface area contributed by atoms with Crippen molar-refractivity contribution < 1.29 is 14.4 Å². The van der Waals surface area contributed by atoms with Crippen LogP contribution in [0.2, 0.25) is 1.41 Å². The summed E-state index contributed by atoms with van der Waals surface area (Å²) in [5.41, 5.74) is 0.188. The molecule has 0 fully saturated rings. The van der Waals surface area contributed by atoms with Crippen LogP contribution < -0.4 is 10.0 Å². The van der Waals surface area contributed by atoms with Gasteiger partial charge in [0, 0.05) is 23.6 Å². The maximum Gasteiger partial charge on any atom is 0.220 e. The summed E-state index contributed by atoms with van der Waals surface area (Å²) in [6, 6.07) is 7.02. The summed E-state index contributed by atoms with van der Waals surface area (Å²) in [4.78, 5) is 7.63. The number of nitrogens with one attached hydrogen (secondary N) is 1. The van der Waals surface area contributed by atoms with Gasteiger partial charge < -0.3 is 10.0 Å². The van der Waals surface area contributed by atoms with E-state index >= 15 is 0 Å². The van der Waals surface area contributed by atoms with Crippen molar-refractivity contribution in [2.24, 2.45) is 0 Å². The first kappa shape index (κ1) is 6.48. The van der Waals surface area contributed by atoms with Crippen molar-refractivity contribution in [2.75, 3.05) is 6.50 Å². The van der Waals surface area contributed by atoms with Crippen molar-refractivity contribution in [3.05, 3.63) is 53.5 Å². The van der Waals surface area contributed by atoms with Crippen LogP contribution in [0, 0.1) is 0 Å². The van der Waals surface area contributed by atoms with Crippen molar-refractivity contribution in [3.8, 4) is 5.88 Å². The van der Waals surface area contributed by atoms with Crippen molar-refractivity contribution in [3.63, 3.8) is 0 Å². The second kappa shape index (κ2) is 5.36. The lowest BCUT2D eigenvalue weighted by Crippen LogP contribution is -2.29. The standard InChI is InChI=1S/C15H17N3O/c1-11-14-13(7-8-16-11)15(18-10-17-14)19-9-12-5-3-2-4-6-12/h2-6,10-11,16H,7-9H2,1H3/i7D2,8D2,10D,11D/hD. The van der Waals surface area contributed by atoms with Crippen LogP contribution in [0.5, 0.6) is 5.88 Å². The lowest BCUT2D eigenvalue weighted by Gasteiger charge is -2.23. The molecule has 1 aliphatic rings. The molecule has 2 heterocycles. The lowest BCUT2D eigenvalue weighted by atomic mass is 10.0. The van der Waals surface area contributed by atoms with Gasteiger partial charge in [-0.25, -0.2) is 9.97 Å². The minimum Gasteiger partial charge on any atom is -0.473 e. The lowest BCUT2D eigenvalue weighted by molar-refractivity contribution is 0.286. The third-order valence-corrected chi connectivity index (χ3v) is 2.73. The quantitative estimate of drug-likeness (QED) is 0.921. The average molecular weight is 262 g/mol. The van der Waals surface area contributed by atoms with E-state index in [1.165, 1.54) is 6.92 Å². The first-order chi connectivity index (χ1) is 12.0. The summed E-state index contributed by atoms with van der Waals surface area (Å²) in [5.74, 6) is -0.288. The fraction of sp³-hybridized carbons (Fsp3) is 0.333. The fourth-order valence-electron chi connectivity index (χ4n) is 1.76. The van der Waals surface area contributed by atoms with Gasteiger partial charge in [0.25, 0.3) is 0 Å². The molecule has 1 N–H and O–H groups in total. The van der Waals surface area contributed by atoms with Gasteiger partial charge in [0.15, 0.2) is 0 Å². The van der Waals surface area contributed by atoms with Crippen LogP contribution in [-0.4, -0.2) is 16.5 Å². The second-order valence-electron chi connectivity index (χ2n) is 4.06. The molecule has 0 bridgehead atoms. The maximum atomic E-state index is 8.34. The van der Waals surface area contributed by atoms with Gasteiger partial charge >= 0.3 is 0 Å². The molecular weight excluding hydrogens is 238 g/mol. The molecule has 1 aromatic heterocycles. The topological polar surface area (TPSA) is 47.0 Å². The fourth-order valence-corrected chi connectivity index (χ4v) is 1.76. The van der Waals surface area contributed by atoms with Crippen molar-refractivity contribution in [1.82, 2.24) is 15.3 Å². The Morgan fingerprint density at radius 1 is 1.53 bits per heavy atom. The molecule has 0 aliphatic carbocycles. The molecule has 0 amide bonds. The Morgan fingerprint density at radius 2 is 2.37 bits per heavy atom. The van der Waals surface area contributed by atoms with Gasteiger partial charge in [0.1, 0.15) is 15.7 Å². The van der Waals surface area contributed by atoms with E-state index in [1.54, 1.807) is 24.3 Å². The third-order valence-electron chi connectivity index (χ3n) is 2.73. The highest BCUT2D eigenvalue weighted by Gasteiger charge is 2.21. The van der Waals surface area contributed by atoms with E-state index in [0.29, 0.717) is 0 Å². The van der Waals surface area contributed by atoms with Crippen LogP contribution in [0.3, 0.4) is 0 Å². The summed E-state index contributed by atoms with van der Waals surface area (Å²) in [5, 5.41) is 0.218. The smallest absolute Gasteiger partial charge is 0.220 e. The molecule has 98 valence electrons. The number of nitrogens with zero attached hydrogens (tertiary/aromatic N) is 2. The second-order valence-corrected chi connectivity index (χ2v) is 4.06. The van der Waals surface area contributed by atoms with Crippen molar-refractivity contribution in [1.29, 1.82) is 0 Å². The third kappa shape index (κ3) is 2.58. The summed E-state index contributed by atoms with van der Waals surface area (Å²) >= 11 is 0. The van der Waals surface area contributed by atoms with E-state index in [4.69, 9.17) is 14.4 Å². The van der Waals surface area contributed by atoms with E-state index in [1.807, 2.05) is 6.07 Å². The van der Waals surface area contributed by atoms with E-state index in [9.17, 15) is 0 Å². The predicted molar refractivity (Wildman–Crippen MR) is 72.9 cm³/mol. The highest BCUT2D eigenvalue weighted by molar-refractivity contribution is 5.34. The van der Waals surface area contributed by atoms with Crippen molar-refractivity contribution >= 4 is 0 Å². The Morgan fingerprint density at radius 3 is 3.21 bits per heavy atom. The minimum absolute atomic E-state index is 0.0299. The van der Waals surface area contributed by atoms with Gasteiger partial charge in [0.05, 0.1) is 7.06 Å². The first-order valence-electron chi connectivity index (χ1n) is 9.30. The largest absolute Gasteiger partial charge is 0.473 e. The molecule has 4 heteroatoms. The zero-order valence-electron chi connectivity index (χ0n) is 17.3. The Hall–Kier alpha value is -1.94. The molecule has 3 rings (SSSR count). The molecule has 1 unspecified atom stereocenters. The van der Waals surface area contributed by atoms with Crippen LogP contribution in [0.4, 0.5) is 0 Å². The van der Waals surface area contributed by atoms with Gasteiger partial charge in [0.2, 0.25) is 5.88 Å². The number of ether oxygens (including phenoxy) is 1. The highest BCUT2D eigenvalue weighted by Crippen LogP contribution is 2.26. The van der Waals surface area contributed by atoms with Crippen LogP contribution in [0.1, 0.15) is 38.0 Å². The summed E-state index contributed by atoms with van der Waals surface area (Å²) < 4.78 is 62.1. The molecule has 2 aromatic rings. The zero-order valence-corrected chi connectivity index (χ0v) is 10.3. The zero-order chi connectivity index (χ0) is 19.3. The Labute approximate surface area is 122 Å². The van der Waals surface area contributed by atoms with E-state index < -0.39 is 25.2 Å². The Balaban J connectivity index is 2.14. The Kier molecular flexibility index (Phi) is 1.83. The molecule has 0 saturated heterocycles. The number of fused-ring (bicyclic) bond motifs is 1. The number of rotatable bonds is 3. The van der Waals surface area contributed by atoms with Crippen LogP contribution in [0.15, 0.2) is 36.6 Å². The Bertz CT molecular complexity index is 829. The number of hydrogen-bond donors (Lipinski definition) is 1. The first-order valence-corrected chi connectivity index (χ1v) is 5.85. The summed E-state index contributed by atoms with van der Waals surface area (Å²) in [6.45, 7) is -1.57. The molecule has 1 aliphatic heterocycles. The van der Waals surface area contributed by atoms with Gasteiger partial charge in [-0.15, -0.1) is 0 Å². The van der Waals surface area contributed by atoms with Gasteiger partial charge in [-0.3, -0.25) is 0 Å². The summed E-state index contributed by atoms with van der Waals surface area (Å²) in [7, 11) is 0. The van der Waals surface area contributed by atoms with E-state index in [0.717, 1.165) is 5.56 Å². The van der Waals surface area contributed by atoms with Crippen molar-refractivity contribution in [2.45, 2.75) is 25.9 Å². The predicted octanol–water partition coefficient (Wildman–Crippen LogP) is 2.26. The average Bonchev–Trinajstić information content (AvgIpc) is 2.58. The normalized spacial score (nSPS) is 33.4. The van der Waals surface area contributed by atoms with Crippen LogP contribution in [0.25, 0.3) is 0 Å². The SMILES string of the molecule is [2H]c1nc(OCc2ccccc2)c2c(n1)C([2H])(C)N([2H])C([2H])([2H])C2([2H])[2H]. The van der Waals surface area contributed by atoms with E-state index in [2.05, 4.69) is 9.97 Å². The molecule has 0 radical (unpaired) electrons. The van der Waals surface area contributed by atoms with Gasteiger partial charge in [-0.1, -0.05) is 30.3 Å². The molecule has 0 spiro atoms. The molecule has 19 heavy (non-hydrogen) atoms. The maximum absolute atomic E-state index is 8.34. The molecule has 1 aromatic carbocycles. The van der Waals surface area contributed by atoms with Gasteiger partial charge in [-0.2, -0.15) is 0 Å². The monoisotopic (exact) mass is 262 g/mol. The number of benzene rings is 1. The number of aromatic nitrogens is 2. The molecular formula is C15H17N3O. The van der Waals surface area contributed by atoms with Crippen LogP contribution in [-0.2, 0) is 13.0 Å². The highest BCUT2D eigenvalue weighted by atomic mass is 16.5. The number of hydrogen-bond acceptors (Lipinski definition) is 4. The molecule has 0 saturated carbocycles. The minimum atomic E-state index is -2.83. The molecule has 1 atom stereocenters. The van der Waals surface area contributed by atoms with Gasteiger partial charge in [-0.05, 0) is 18.9 Å². The van der Waals surface area contributed by atoms with Crippen LogP contribution >= 0.6 is 0 Å². The summed E-state index contributed by atoms with van der Waals surface area (Å²) in [6.07, 6.45) is -3.21.